The molecule has 0 amide bonds. The summed E-state index contributed by atoms with van der Waals surface area (Å²) < 4.78 is 68.1. The van der Waals surface area contributed by atoms with Crippen molar-refractivity contribution in [1.29, 1.82) is 0 Å². The lowest BCUT2D eigenvalue weighted by Gasteiger charge is -2.19. The minimum absolute atomic E-state index is 0.108. The fourth-order valence-electron chi connectivity index (χ4n) is 2.58. The first kappa shape index (κ1) is 17.8. The van der Waals surface area contributed by atoms with Crippen molar-refractivity contribution in [3.05, 3.63) is 60.2 Å². The molecule has 0 bridgehead atoms. The summed E-state index contributed by atoms with van der Waals surface area (Å²) in [7, 11) is -3.86. The molecule has 3 rings (SSSR count). The van der Waals surface area contributed by atoms with Crippen LogP contribution < -0.4 is 9.46 Å². The number of rotatable bonds is 6. The Kier molecular flexibility index (Phi) is 4.75. The number of halogens is 3. The van der Waals surface area contributed by atoms with E-state index in [1.54, 1.807) is 0 Å². The van der Waals surface area contributed by atoms with Gasteiger partial charge in [0.1, 0.15) is 5.75 Å². The van der Waals surface area contributed by atoms with Crippen molar-refractivity contribution >= 4 is 10.0 Å². The summed E-state index contributed by atoms with van der Waals surface area (Å²) in [5.74, 6) is -0.238. The zero-order valence-electron chi connectivity index (χ0n) is 13.0. The molecule has 2 aromatic rings. The lowest BCUT2D eigenvalue weighted by Crippen LogP contribution is -2.30. The van der Waals surface area contributed by atoms with Crippen LogP contribution in [-0.4, -0.2) is 14.8 Å². The second-order valence-electron chi connectivity index (χ2n) is 5.87. The topological polar surface area (TPSA) is 55.4 Å². The fraction of sp³-hybridized carbons (Fsp3) is 0.294. The normalized spacial score (nSPS) is 16.4. The van der Waals surface area contributed by atoms with Crippen molar-refractivity contribution in [3.8, 4) is 5.75 Å². The van der Waals surface area contributed by atoms with Crippen LogP contribution in [0.25, 0.3) is 0 Å². The summed E-state index contributed by atoms with van der Waals surface area (Å²) in [6.07, 6.45) is -2.95. The van der Waals surface area contributed by atoms with E-state index in [2.05, 4.69) is 9.46 Å². The summed E-state index contributed by atoms with van der Waals surface area (Å²) in [5.41, 5.74) is 0.866. The maximum atomic E-state index is 12.6. The highest BCUT2D eigenvalue weighted by molar-refractivity contribution is 7.89. The second-order valence-corrected chi connectivity index (χ2v) is 7.58. The van der Waals surface area contributed by atoms with E-state index in [9.17, 15) is 21.6 Å². The number of hydrogen-bond acceptors (Lipinski definition) is 3. The molecule has 2 aromatic carbocycles. The molecule has 0 spiro atoms. The molecule has 1 aliphatic rings. The number of ether oxygens (including phenoxy) is 1. The van der Waals surface area contributed by atoms with Gasteiger partial charge >= 0.3 is 6.36 Å². The smallest absolute Gasteiger partial charge is 0.406 e. The number of benzene rings is 2. The Morgan fingerprint density at radius 3 is 2.12 bits per heavy atom. The molecule has 1 N–H and O–H groups in total. The van der Waals surface area contributed by atoms with Gasteiger partial charge in [0.15, 0.2) is 0 Å². The van der Waals surface area contributed by atoms with Crippen molar-refractivity contribution < 1.29 is 26.3 Å². The molecule has 0 unspecified atom stereocenters. The van der Waals surface area contributed by atoms with Gasteiger partial charge in [-0.3, -0.25) is 0 Å². The maximum Gasteiger partial charge on any atom is 0.573 e. The third-order valence-corrected chi connectivity index (χ3v) is 5.36. The van der Waals surface area contributed by atoms with Crippen molar-refractivity contribution in [1.82, 2.24) is 4.72 Å². The molecular weight excluding hydrogens is 355 g/mol. The first-order valence-electron chi connectivity index (χ1n) is 7.68. The molecule has 0 heterocycles. The molecule has 25 heavy (non-hydrogen) atoms. The molecule has 0 aromatic heterocycles. The quantitative estimate of drug-likeness (QED) is 0.835. The maximum absolute atomic E-state index is 12.6. The molecule has 4 nitrogen and oxygen atoms in total. The van der Waals surface area contributed by atoms with E-state index >= 15 is 0 Å². The van der Waals surface area contributed by atoms with Crippen LogP contribution in [-0.2, 0) is 10.0 Å². The van der Waals surface area contributed by atoms with E-state index in [-0.39, 0.29) is 16.9 Å². The molecule has 0 saturated heterocycles. The molecule has 8 heteroatoms. The van der Waals surface area contributed by atoms with Crippen molar-refractivity contribution in [2.75, 3.05) is 0 Å². The number of hydrogen-bond donors (Lipinski definition) is 1. The van der Waals surface area contributed by atoms with E-state index < -0.39 is 22.1 Å². The molecule has 1 saturated carbocycles. The number of sulfonamides is 1. The van der Waals surface area contributed by atoms with Gasteiger partial charge in [-0.05, 0) is 48.6 Å². The highest BCUT2D eigenvalue weighted by Gasteiger charge is 2.35. The van der Waals surface area contributed by atoms with E-state index in [1.165, 1.54) is 0 Å². The minimum atomic E-state index is -4.82. The van der Waals surface area contributed by atoms with Gasteiger partial charge in [0.2, 0.25) is 10.0 Å². The standard InChI is InChI=1S/C17H16F3NO3S/c18-17(19,20)24-14-8-10-15(11-9-14)25(22,23)21-16(13-6-7-13)12-4-2-1-3-5-12/h1-5,8-11,13,16,21H,6-7H2/t16-/m1/s1. The third kappa shape index (κ3) is 4.73. The summed E-state index contributed by atoms with van der Waals surface area (Å²) in [6, 6.07) is 13.0. The van der Waals surface area contributed by atoms with E-state index in [0.717, 1.165) is 42.7 Å². The summed E-state index contributed by atoms with van der Waals surface area (Å²) in [5, 5.41) is 0. The molecule has 0 aliphatic heterocycles. The van der Waals surface area contributed by atoms with Crippen molar-refractivity contribution in [3.63, 3.8) is 0 Å². The van der Waals surface area contributed by atoms with Gasteiger partial charge in [-0.2, -0.15) is 0 Å². The Morgan fingerprint density at radius 2 is 1.60 bits per heavy atom. The monoisotopic (exact) mass is 371 g/mol. The number of alkyl halides is 3. The van der Waals surface area contributed by atoms with Crippen molar-refractivity contribution in [2.45, 2.75) is 30.1 Å². The van der Waals surface area contributed by atoms with Crippen LogP contribution in [0, 0.1) is 5.92 Å². The second kappa shape index (κ2) is 6.68. The molecular formula is C17H16F3NO3S. The Bertz CT molecular complexity index is 816. The van der Waals surface area contributed by atoms with E-state index in [0.29, 0.717) is 0 Å². The summed E-state index contributed by atoms with van der Waals surface area (Å²) >= 11 is 0. The Labute approximate surface area is 143 Å². The average Bonchev–Trinajstić information content (AvgIpc) is 3.37. The minimum Gasteiger partial charge on any atom is -0.406 e. The SMILES string of the molecule is O=S(=O)(N[C@H](c1ccccc1)C1CC1)c1ccc(OC(F)(F)F)cc1. The highest BCUT2D eigenvalue weighted by Crippen LogP contribution is 2.41. The van der Waals surface area contributed by atoms with Gasteiger partial charge in [-0.15, -0.1) is 13.2 Å². The van der Waals surface area contributed by atoms with Crippen LogP contribution in [0.2, 0.25) is 0 Å². The van der Waals surface area contributed by atoms with Crippen LogP contribution in [0.15, 0.2) is 59.5 Å². The molecule has 1 fully saturated rings. The number of nitrogens with one attached hydrogen (secondary N) is 1. The van der Waals surface area contributed by atoms with Crippen LogP contribution >= 0.6 is 0 Å². The molecule has 1 atom stereocenters. The summed E-state index contributed by atoms with van der Waals surface area (Å²) in [6.45, 7) is 0. The van der Waals surface area contributed by atoms with Crippen LogP contribution in [0.5, 0.6) is 5.75 Å². The Balaban J connectivity index is 1.79. The van der Waals surface area contributed by atoms with Gasteiger partial charge in [0.25, 0.3) is 0 Å². The lowest BCUT2D eigenvalue weighted by atomic mass is 10.0. The van der Waals surface area contributed by atoms with Gasteiger partial charge in [0, 0.05) is 6.04 Å². The van der Waals surface area contributed by atoms with Gasteiger partial charge in [0.05, 0.1) is 4.90 Å². The first-order valence-corrected chi connectivity index (χ1v) is 9.16. The van der Waals surface area contributed by atoms with E-state index in [4.69, 9.17) is 0 Å². The summed E-state index contributed by atoms with van der Waals surface area (Å²) in [4.78, 5) is -0.108. The Hall–Kier alpha value is -2.06. The van der Waals surface area contributed by atoms with Crippen LogP contribution in [0.4, 0.5) is 13.2 Å². The zero-order chi connectivity index (χ0) is 18.1. The third-order valence-electron chi connectivity index (χ3n) is 3.90. The van der Waals surface area contributed by atoms with Gasteiger partial charge in [-0.25, -0.2) is 13.1 Å². The highest BCUT2D eigenvalue weighted by atomic mass is 32.2. The molecule has 1 aliphatic carbocycles. The molecule has 134 valence electrons. The van der Waals surface area contributed by atoms with E-state index in [1.807, 2.05) is 30.3 Å². The van der Waals surface area contributed by atoms with Crippen LogP contribution in [0.1, 0.15) is 24.4 Å². The van der Waals surface area contributed by atoms with Gasteiger partial charge < -0.3 is 4.74 Å². The van der Waals surface area contributed by atoms with Crippen LogP contribution in [0.3, 0.4) is 0 Å². The fourth-order valence-corrected chi connectivity index (χ4v) is 3.88. The average molecular weight is 371 g/mol. The largest absolute Gasteiger partial charge is 0.573 e. The molecule has 0 radical (unpaired) electrons. The van der Waals surface area contributed by atoms with Crippen molar-refractivity contribution in [2.24, 2.45) is 5.92 Å². The zero-order valence-corrected chi connectivity index (χ0v) is 13.8. The van der Waals surface area contributed by atoms with Gasteiger partial charge in [-0.1, -0.05) is 30.3 Å². The lowest BCUT2D eigenvalue weighted by molar-refractivity contribution is -0.274. The Morgan fingerprint density at radius 1 is 1.00 bits per heavy atom. The predicted molar refractivity (Wildman–Crippen MR) is 85.4 cm³/mol. The first-order chi connectivity index (χ1) is 11.7. The predicted octanol–water partition coefficient (Wildman–Crippen LogP) is 4.01.